The van der Waals surface area contributed by atoms with Crippen molar-refractivity contribution in [3.05, 3.63) is 48.2 Å². The van der Waals surface area contributed by atoms with Gasteiger partial charge in [0.1, 0.15) is 0 Å². The van der Waals surface area contributed by atoms with Crippen LogP contribution >= 0.6 is 0 Å². The third-order valence-electron chi connectivity index (χ3n) is 4.62. The van der Waals surface area contributed by atoms with E-state index < -0.39 is 0 Å². The Hall–Kier alpha value is -2.33. The van der Waals surface area contributed by atoms with Crippen LogP contribution in [0.5, 0.6) is 0 Å². The van der Waals surface area contributed by atoms with E-state index in [2.05, 4.69) is 65.3 Å². The second kappa shape index (κ2) is 6.29. The van der Waals surface area contributed by atoms with E-state index in [0.717, 1.165) is 24.2 Å². The van der Waals surface area contributed by atoms with Crippen molar-refractivity contribution in [2.24, 2.45) is 5.73 Å². The second-order valence-electron chi connectivity index (χ2n) is 6.76. The molecule has 1 heterocycles. The first-order chi connectivity index (χ1) is 11.5. The molecule has 0 aliphatic carbocycles. The van der Waals surface area contributed by atoms with Crippen molar-refractivity contribution in [2.75, 3.05) is 18.0 Å². The fraction of sp³-hybridized carbons (Fsp3) is 0.350. The maximum Gasteiger partial charge on any atom is 0.0671 e. The van der Waals surface area contributed by atoms with Gasteiger partial charge in [0.05, 0.1) is 17.4 Å². The summed E-state index contributed by atoms with van der Waals surface area (Å²) in [7, 11) is 0. The molecule has 4 heteroatoms. The molecule has 4 nitrogen and oxygen atoms in total. The van der Waals surface area contributed by atoms with Gasteiger partial charge in [0.15, 0.2) is 0 Å². The Kier molecular flexibility index (Phi) is 4.33. The number of H-pyrrole nitrogens is 1. The van der Waals surface area contributed by atoms with Crippen LogP contribution in [0.1, 0.15) is 33.3 Å². The second-order valence-corrected chi connectivity index (χ2v) is 6.76. The maximum atomic E-state index is 6.21. The molecule has 0 radical (unpaired) electrons. The number of hydrogen-bond donors (Lipinski definition) is 2. The molecule has 0 spiro atoms. The van der Waals surface area contributed by atoms with Gasteiger partial charge in [0.2, 0.25) is 0 Å². The third kappa shape index (κ3) is 2.89. The maximum absolute atomic E-state index is 6.21. The zero-order chi connectivity index (χ0) is 17.3. The van der Waals surface area contributed by atoms with E-state index in [1.807, 2.05) is 20.0 Å². The molecule has 0 saturated carbocycles. The Labute approximate surface area is 143 Å². The number of rotatable bonds is 5. The molecule has 0 amide bonds. The van der Waals surface area contributed by atoms with Gasteiger partial charge in [-0.1, -0.05) is 30.3 Å². The molecule has 3 rings (SSSR count). The standard InChI is InChI=1S/C20H26N4/c1-5-24(6-2)19-16(11-12-18-17(19)13-22-23-18)14-7-9-15(10-8-14)20(3,4)21/h7-13H,5-6,21H2,1-4H3,(H,22,23). The summed E-state index contributed by atoms with van der Waals surface area (Å²) in [6.45, 7) is 10.4. The monoisotopic (exact) mass is 322 g/mol. The van der Waals surface area contributed by atoms with Crippen molar-refractivity contribution in [1.29, 1.82) is 0 Å². The van der Waals surface area contributed by atoms with E-state index in [9.17, 15) is 0 Å². The van der Waals surface area contributed by atoms with Gasteiger partial charge in [-0.15, -0.1) is 0 Å². The number of aromatic amines is 1. The van der Waals surface area contributed by atoms with Crippen LogP contribution in [0.25, 0.3) is 22.0 Å². The van der Waals surface area contributed by atoms with Crippen molar-refractivity contribution >= 4 is 16.6 Å². The lowest BCUT2D eigenvalue weighted by Gasteiger charge is -2.25. The topological polar surface area (TPSA) is 57.9 Å². The average Bonchev–Trinajstić information content (AvgIpc) is 3.04. The molecule has 126 valence electrons. The number of fused-ring (bicyclic) bond motifs is 1. The first-order valence-corrected chi connectivity index (χ1v) is 8.56. The summed E-state index contributed by atoms with van der Waals surface area (Å²) in [5.41, 5.74) is 11.8. The van der Waals surface area contributed by atoms with E-state index in [0.29, 0.717) is 0 Å². The Morgan fingerprint density at radius 3 is 2.29 bits per heavy atom. The van der Waals surface area contributed by atoms with Gasteiger partial charge in [0.25, 0.3) is 0 Å². The predicted octanol–water partition coefficient (Wildman–Crippen LogP) is 4.27. The van der Waals surface area contributed by atoms with Crippen molar-refractivity contribution < 1.29 is 0 Å². The van der Waals surface area contributed by atoms with E-state index in [1.54, 1.807) is 0 Å². The van der Waals surface area contributed by atoms with Crippen LogP contribution in [0.2, 0.25) is 0 Å². The summed E-state index contributed by atoms with van der Waals surface area (Å²) < 4.78 is 0. The van der Waals surface area contributed by atoms with E-state index in [4.69, 9.17) is 5.73 Å². The Balaban J connectivity index is 2.16. The molecule has 0 unspecified atom stereocenters. The van der Waals surface area contributed by atoms with Crippen molar-refractivity contribution in [3.63, 3.8) is 0 Å². The van der Waals surface area contributed by atoms with Crippen LogP contribution in [0.4, 0.5) is 5.69 Å². The molecule has 0 saturated heterocycles. The number of hydrogen-bond acceptors (Lipinski definition) is 3. The van der Waals surface area contributed by atoms with Crippen LogP contribution in [-0.2, 0) is 5.54 Å². The first kappa shape index (κ1) is 16.5. The van der Waals surface area contributed by atoms with Crippen LogP contribution in [0, 0.1) is 0 Å². The molecule has 24 heavy (non-hydrogen) atoms. The van der Waals surface area contributed by atoms with Gasteiger partial charge in [0, 0.05) is 29.6 Å². The van der Waals surface area contributed by atoms with Crippen molar-refractivity contribution in [1.82, 2.24) is 10.2 Å². The fourth-order valence-corrected chi connectivity index (χ4v) is 3.20. The highest BCUT2D eigenvalue weighted by Gasteiger charge is 2.17. The minimum Gasteiger partial charge on any atom is -0.371 e. The van der Waals surface area contributed by atoms with Gasteiger partial charge in [-0.3, -0.25) is 5.10 Å². The molecular formula is C20H26N4. The Morgan fingerprint density at radius 1 is 1.04 bits per heavy atom. The molecule has 0 bridgehead atoms. The predicted molar refractivity (Wildman–Crippen MR) is 102 cm³/mol. The summed E-state index contributed by atoms with van der Waals surface area (Å²) in [5, 5.41) is 8.47. The normalized spacial score (nSPS) is 11.9. The van der Waals surface area contributed by atoms with Gasteiger partial charge < -0.3 is 10.6 Å². The summed E-state index contributed by atoms with van der Waals surface area (Å²) in [6.07, 6.45) is 1.92. The van der Waals surface area contributed by atoms with E-state index in [1.165, 1.54) is 22.2 Å². The lowest BCUT2D eigenvalue weighted by molar-refractivity contribution is 0.554. The number of nitrogens with one attached hydrogen (secondary N) is 1. The zero-order valence-corrected chi connectivity index (χ0v) is 14.9. The lowest BCUT2D eigenvalue weighted by Crippen LogP contribution is -2.28. The number of nitrogens with two attached hydrogens (primary N) is 1. The van der Waals surface area contributed by atoms with E-state index >= 15 is 0 Å². The van der Waals surface area contributed by atoms with Crippen LogP contribution in [0.15, 0.2) is 42.6 Å². The minimum absolute atomic E-state index is 0.325. The highest BCUT2D eigenvalue weighted by atomic mass is 15.1. The SMILES string of the molecule is CCN(CC)c1c(-c2ccc(C(C)(C)N)cc2)ccc2[nH]ncc12. The molecule has 1 aromatic heterocycles. The number of nitrogens with zero attached hydrogens (tertiary/aromatic N) is 2. The number of anilines is 1. The zero-order valence-electron chi connectivity index (χ0n) is 14.9. The summed E-state index contributed by atoms with van der Waals surface area (Å²) in [4.78, 5) is 2.38. The number of aromatic nitrogens is 2. The van der Waals surface area contributed by atoms with E-state index in [-0.39, 0.29) is 5.54 Å². The molecule has 0 atom stereocenters. The largest absolute Gasteiger partial charge is 0.371 e. The lowest BCUT2D eigenvalue weighted by atomic mass is 9.92. The number of benzene rings is 2. The summed E-state index contributed by atoms with van der Waals surface area (Å²) in [6, 6.07) is 12.9. The Morgan fingerprint density at radius 2 is 1.71 bits per heavy atom. The van der Waals surface area contributed by atoms with Crippen LogP contribution in [0.3, 0.4) is 0 Å². The van der Waals surface area contributed by atoms with Gasteiger partial charge in [-0.2, -0.15) is 5.10 Å². The molecule has 0 aliphatic rings. The Bertz CT molecular complexity index is 821. The minimum atomic E-state index is -0.325. The molecule has 0 aliphatic heterocycles. The van der Waals surface area contributed by atoms with Gasteiger partial charge >= 0.3 is 0 Å². The molecular weight excluding hydrogens is 296 g/mol. The molecule has 3 aromatic rings. The van der Waals surface area contributed by atoms with Crippen LogP contribution < -0.4 is 10.6 Å². The van der Waals surface area contributed by atoms with Gasteiger partial charge in [-0.25, -0.2) is 0 Å². The molecule has 2 aromatic carbocycles. The fourth-order valence-electron chi connectivity index (χ4n) is 3.20. The highest BCUT2D eigenvalue weighted by molar-refractivity contribution is 6.00. The molecule has 0 fully saturated rings. The summed E-state index contributed by atoms with van der Waals surface area (Å²) >= 11 is 0. The quantitative estimate of drug-likeness (QED) is 0.737. The summed E-state index contributed by atoms with van der Waals surface area (Å²) in [5.74, 6) is 0. The smallest absolute Gasteiger partial charge is 0.0671 e. The molecule has 3 N–H and O–H groups in total. The first-order valence-electron chi connectivity index (χ1n) is 8.56. The van der Waals surface area contributed by atoms with Gasteiger partial charge in [-0.05, 0) is 44.9 Å². The van der Waals surface area contributed by atoms with Crippen molar-refractivity contribution in [2.45, 2.75) is 33.2 Å². The van der Waals surface area contributed by atoms with Crippen LogP contribution in [-0.4, -0.2) is 23.3 Å². The average molecular weight is 322 g/mol. The van der Waals surface area contributed by atoms with Crippen molar-refractivity contribution in [3.8, 4) is 11.1 Å². The third-order valence-corrected chi connectivity index (χ3v) is 4.62. The highest BCUT2D eigenvalue weighted by Crippen LogP contribution is 2.37.